The Morgan fingerprint density at radius 1 is 0.840 bits per heavy atom. The molecule has 6 nitrogen and oxygen atoms in total. The molecule has 0 spiro atoms. The van der Waals surface area contributed by atoms with Gasteiger partial charge in [-0.2, -0.15) is 0 Å². The Morgan fingerprint density at radius 3 is 2.16 bits per heavy atom. The third-order valence-electron chi connectivity index (χ3n) is 3.50. The van der Waals surface area contributed by atoms with Gasteiger partial charge in [-0.15, -0.1) is 0 Å². The highest BCUT2D eigenvalue weighted by Gasteiger charge is 2.08. The van der Waals surface area contributed by atoms with Crippen LogP contribution in [0, 0.1) is 0 Å². The molecule has 0 radical (unpaired) electrons. The molecule has 2 aromatic rings. The van der Waals surface area contributed by atoms with Crippen LogP contribution < -0.4 is 24.3 Å². The van der Waals surface area contributed by atoms with Crippen molar-refractivity contribution in [1.29, 1.82) is 0 Å². The Morgan fingerprint density at radius 2 is 1.52 bits per heavy atom. The molecule has 2 aromatic carbocycles. The van der Waals surface area contributed by atoms with E-state index < -0.39 is 0 Å². The second-order valence-electron chi connectivity index (χ2n) is 5.00. The Bertz CT molecular complexity index is 770. The van der Waals surface area contributed by atoms with Gasteiger partial charge in [-0.3, -0.25) is 4.79 Å². The normalized spacial score (nSPS) is 10.4. The molecule has 0 heterocycles. The molecule has 0 saturated carbocycles. The number of nitrogens with one attached hydrogen (secondary N) is 1. The monoisotopic (exact) mass is 343 g/mol. The minimum Gasteiger partial charge on any atom is -0.497 e. The molecule has 0 aliphatic rings. The lowest BCUT2D eigenvalue weighted by Gasteiger charge is -2.10. The van der Waals surface area contributed by atoms with E-state index in [0.29, 0.717) is 28.7 Å². The Kier molecular flexibility index (Phi) is 6.28. The highest BCUT2D eigenvalue weighted by molar-refractivity contribution is 6.02. The van der Waals surface area contributed by atoms with Gasteiger partial charge in [0.05, 0.1) is 34.1 Å². The van der Waals surface area contributed by atoms with E-state index in [9.17, 15) is 4.79 Å². The van der Waals surface area contributed by atoms with Crippen molar-refractivity contribution >= 4 is 17.7 Å². The van der Waals surface area contributed by atoms with Crippen molar-refractivity contribution in [2.75, 3.05) is 33.8 Å². The summed E-state index contributed by atoms with van der Waals surface area (Å²) in [6.45, 7) is 0. The summed E-state index contributed by atoms with van der Waals surface area (Å²) >= 11 is 0. The molecule has 0 unspecified atom stereocenters. The number of carbonyl (C=O) groups is 1. The van der Waals surface area contributed by atoms with Gasteiger partial charge >= 0.3 is 0 Å². The predicted molar refractivity (Wildman–Crippen MR) is 96.8 cm³/mol. The molecule has 0 fully saturated rings. The molecule has 6 heteroatoms. The van der Waals surface area contributed by atoms with Crippen molar-refractivity contribution in [2.45, 2.75) is 0 Å². The summed E-state index contributed by atoms with van der Waals surface area (Å²) in [5.41, 5.74) is 1.34. The van der Waals surface area contributed by atoms with Gasteiger partial charge in [0.2, 0.25) is 5.91 Å². The number of carbonyl (C=O) groups excluding carboxylic acids is 1. The molecular formula is C19H21NO5. The van der Waals surface area contributed by atoms with Crippen LogP contribution in [0.3, 0.4) is 0 Å². The van der Waals surface area contributed by atoms with Crippen molar-refractivity contribution in [2.24, 2.45) is 0 Å². The van der Waals surface area contributed by atoms with Crippen LogP contribution >= 0.6 is 0 Å². The van der Waals surface area contributed by atoms with Crippen molar-refractivity contribution in [1.82, 2.24) is 0 Å². The summed E-state index contributed by atoms with van der Waals surface area (Å²) in [6.07, 6.45) is 3.12. The largest absolute Gasteiger partial charge is 0.497 e. The lowest BCUT2D eigenvalue weighted by atomic mass is 10.2. The van der Waals surface area contributed by atoms with Gasteiger partial charge in [0, 0.05) is 12.1 Å². The van der Waals surface area contributed by atoms with Crippen LogP contribution in [-0.2, 0) is 4.79 Å². The number of hydrogen-bond acceptors (Lipinski definition) is 5. The average molecular weight is 343 g/mol. The SMILES string of the molecule is COc1ccc(OC)c(NC(=O)/C=C/c2ccc(OC)c(OC)c2)c1. The van der Waals surface area contributed by atoms with Crippen LogP contribution in [0.5, 0.6) is 23.0 Å². The molecular weight excluding hydrogens is 322 g/mol. The standard InChI is InChI=1S/C19H21NO5/c1-22-14-7-9-16(23-2)15(12-14)20-19(21)10-6-13-5-8-17(24-3)18(11-13)25-4/h5-12H,1-4H3,(H,20,21)/b10-6+. The van der Waals surface area contributed by atoms with Gasteiger partial charge in [0.15, 0.2) is 11.5 Å². The second-order valence-corrected chi connectivity index (χ2v) is 5.00. The molecule has 0 saturated heterocycles. The van der Waals surface area contributed by atoms with E-state index in [1.165, 1.54) is 13.2 Å². The molecule has 1 amide bonds. The van der Waals surface area contributed by atoms with E-state index in [2.05, 4.69) is 5.32 Å². The fourth-order valence-corrected chi connectivity index (χ4v) is 2.21. The number of amides is 1. The smallest absolute Gasteiger partial charge is 0.248 e. The highest BCUT2D eigenvalue weighted by Crippen LogP contribution is 2.29. The van der Waals surface area contributed by atoms with E-state index >= 15 is 0 Å². The van der Waals surface area contributed by atoms with E-state index in [-0.39, 0.29) is 5.91 Å². The number of ether oxygens (including phenoxy) is 4. The first kappa shape index (κ1) is 18.2. The number of hydrogen-bond donors (Lipinski definition) is 1. The summed E-state index contributed by atoms with van der Waals surface area (Å²) in [6, 6.07) is 10.6. The molecule has 0 aliphatic carbocycles. The quantitative estimate of drug-likeness (QED) is 0.781. The average Bonchev–Trinajstić information content (AvgIpc) is 2.65. The maximum Gasteiger partial charge on any atom is 0.248 e. The molecule has 1 N–H and O–H groups in total. The molecule has 25 heavy (non-hydrogen) atoms. The lowest BCUT2D eigenvalue weighted by molar-refractivity contribution is -0.111. The molecule has 0 aromatic heterocycles. The fraction of sp³-hybridized carbons (Fsp3) is 0.211. The Hall–Kier alpha value is -3.15. The van der Waals surface area contributed by atoms with Gasteiger partial charge < -0.3 is 24.3 Å². The van der Waals surface area contributed by atoms with Crippen LogP contribution in [-0.4, -0.2) is 34.3 Å². The Balaban J connectivity index is 2.13. The molecule has 132 valence electrons. The number of methoxy groups -OCH3 is 4. The van der Waals surface area contributed by atoms with Crippen LogP contribution in [0.4, 0.5) is 5.69 Å². The first-order valence-electron chi connectivity index (χ1n) is 7.54. The maximum atomic E-state index is 12.2. The van der Waals surface area contributed by atoms with Crippen LogP contribution in [0.25, 0.3) is 6.08 Å². The summed E-state index contributed by atoms with van der Waals surface area (Å²) in [7, 11) is 6.23. The van der Waals surface area contributed by atoms with Gasteiger partial charge in [0.25, 0.3) is 0 Å². The van der Waals surface area contributed by atoms with E-state index in [1.54, 1.807) is 57.7 Å². The maximum absolute atomic E-state index is 12.2. The summed E-state index contributed by atoms with van der Waals surface area (Å²) in [4.78, 5) is 12.2. The summed E-state index contributed by atoms with van der Waals surface area (Å²) < 4.78 is 20.8. The van der Waals surface area contributed by atoms with Crippen molar-refractivity contribution in [3.8, 4) is 23.0 Å². The van der Waals surface area contributed by atoms with Crippen molar-refractivity contribution < 1.29 is 23.7 Å². The first-order valence-corrected chi connectivity index (χ1v) is 7.54. The van der Waals surface area contributed by atoms with Gasteiger partial charge in [0.1, 0.15) is 11.5 Å². The summed E-state index contributed by atoms with van der Waals surface area (Å²) in [5.74, 6) is 2.11. The zero-order valence-electron chi connectivity index (χ0n) is 14.7. The van der Waals surface area contributed by atoms with Gasteiger partial charge in [-0.05, 0) is 35.9 Å². The van der Waals surface area contributed by atoms with Crippen LogP contribution in [0.2, 0.25) is 0 Å². The zero-order valence-corrected chi connectivity index (χ0v) is 14.7. The third kappa shape index (κ3) is 4.67. The van der Waals surface area contributed by atoms with Gasteiger partial charge in [-0.25, -0.2) is 0 Å². The first-order chi connectivity index (χ1) is 12.1. The second kappa shape index (κ2) is 8.63. The van der Waals surface area contributed by atoms with Crippen LogP contribution in [0.1, 0.15) is 5.56 Å². The molecule has 0 bridgehead atoms. The van der Waals surface area contributed by atoms with E-state index in [1.807, 2.05) is 6.07 Å². The summed E-state index contributed by atoms with van der Waals surface area (Å²) in [5, 5.41) is 2.77. The zero-order chi connectivity index (χ0) is 18.2. The molecule has 0 aliphatic heterocycles. The van der Waals surface area contributed by atoms with E-state index in [4.69, 9.17) is 18.9 Å². The van der Waals surface area contributed by atoms with Crippen molar-refractivity contribution in [3.63, 3.8) is 0 Å². The molecule has 2 rings (SSSR count). The van der Waals surface area contributed by atoms with E-state index in [0.717, 1.165) is 5.56 Å². The fourth-order valence-electron chi connectivity index (χ4n) is 2.21. The number of benzene rings is 2. The van der Waals surface area contributed by atoms with Crippen LogP contribution in [0.15, 0.2) is 42.5 Å². The predicted octanol–water partition coefficient (Wildman–Crippen LogP) is 3.37. The number of anilines is 1. The topological polar surface area (TPSA) is 66.0 Å². The Labute approximate surface area is 147 Å². The minimum absolute atomic E-state index is 0.290. The minimum atomic E-state index is -0.290. The van der Waals surface area contributed by atoms with Crippen molar-refractivity contribution in [3.05, 3.63) is 48.0 Å². The highest BCUT2D eigenvalue weighted by atomic mass is 16.5. The molecule has 0 atom stereocenters. The third-order valence-corrected chi connectivity index (χ3v) is 3.50. The lowest BCUT2D eigenvalue weighted by Crippen LogP contribution is -2.09. The number of rotatable bonds is 7. The van der Waals surface area contributed by atoms with Gasteiger partial charge in [-0.1, -0.05) is 6.07 Å².